The maximum atomic E-state index is 13.7. The molecule has 0 aromatic rings. The molecule has 0 radical (unpaired) electrons. The van der Waals surface area contributed by atoms with E-state index >= 15 is 0 Å². The van der Waals surface area contributed by atoms with Crippen molar-refractivity contribution in [2.24, 2.45) is 0 Å². The lowest BCUT2D eigenvalue weighted by Crippen LogP contribution is -2.61. The first kappa shape index (κ1) is 36.6. The summed E-state index contributed by atoms with van der Waals surface area (Å²) >= 11 is 0.913. The van der Waals surface area contributed by atoms with E-state index in [9.17, 15) is 49.1 Å². The summed E-state index contributed by atoms with van der Waals surface area (Å²) in [6.45, 7) is 1.08. The molecule has 0 rings (SSSR count). The van der Waals surface area contributed by atoms with Gasteiger partial charge in [-0.25, -0.2) is 0 Å². The van der Waals surface area contributed by atoms with E-state index in [1.807, 2.05) is 21.1 Å². The van der Waals surface area contributed by atoms with E-state index < -0.39 is 60.6 Å². The van der Waals surface area contributed by atoms with Crippen LogP contribution in [0.3, 0.4) is 0 Å². The molecule has 0 spiro atoms. The average Bonchev–Trinajstić information content (AvgIpc) is 2.75. The first-order chi connectivity index (χ1) is 17.2. The standard InChI is InChI=1S/C23H37F9NO4S/c1-5-6-7-8-9-10-13-36-18(34)16-17(38-15-12-33(2,3)4)19(35)37-14-11-20(24,25)21(26,27)22(28,29)23(30,31)32/h17H,5-16H2,1-4H3/q+1. The molecule has 0 aliphatic carbocycles. The number of halogens is 9. The predicted octanol–water partition coefficient (Wildman–Crippen LogP) is 6.49. The van der Waals surface area contributed by atoms with E-state index in [-0.39, 0.29) is 6.61 Å². The van der Waals surface area contributed by atoms with Crippen molar-refractivity contribution < 1.29 is 63.1 Å². The number of alkyl halides is 9. The molecular formula is C23H37F9NO4S+. The number of quaternary nitrogens is 1. The fourth-order valence-electron chi connectivity index (χ4n) is 2.90. The van der Waals surface area contributed by atoms with Crippen LogP contribution in [0.2, 0.25) is 0 Å². The number of ether oxygens (including phenoxy) is 2. The fourth-order valence-corrected chi connectivity index (χ4v) is 4.29. The molecule has 0 saturated carbocycles. The quantitative estimate of drug-likeness (QED) is 0.0741. The molecule has 1 atom stereocenters. The second-order valence-electron chi connectivity index (χ2n) is 9.83. The average molecular weight is 595 g/mol. The van der Waals surface area contributed by atoms with E-state index in [0.717, 1.165) is 43.9 Å². The van der Waals surface area contributed by atoms with Gasteiger partial charge in [-0.15, -0.1) is 11.8 Å². The molecule has 0 saturated heterocycles. The summed E-state index contributed by atoms with van der Waals surface area (Å²) in [6, 6.07) is 0. The highest BCUT2D eigenvalue weighted by atomic mass is 32.2. The molecular weight excluding hydrogens is 557 g/mol. The summed E-state index contributed by atoms with van der Waals surface area (Å²) in [5, 5.41) is -1.29. The summed E-state index contributed by atoms with van der Waals surface area (Å²) in [7, 11) is 5.50. The maximum absolute atomic E-state index is 13.7. The van der Waals surface area contributed by atoms with Crippen LogP contribution in [0, 0.1) is 0 Å². The zero-order chi connectivity index (χ0) is 29.8. The van der Waals surface area contributed by atoms with Crippen LogP contribution in [-0.4, -0.2) is 92.3 Å². The monoisotopic (exact) mass is 594 g/mol. The van der Waals surface area contributed by atoms with Crippen LogP contribution in [0.15, 0.2) is 0 Å². The molecule has 0 fully saturated rings. The number of carbonyl (C=O) groups excluding carboxylic acids is 2. The van der Waals surface area contributed by atoms with Gasteiger partial charge in [-0.1, -0.05) is 39.0 Å². The molecule has 1 unspecified atom stereocenters. The van der Waals surface area contributed by atoms with Crippen molar-refractivity contribution in [1.29, 1.82) is 0 Å². The van der Waals surface area contributed by atoms with Crippen LogP contribution in [0.5, 0.6) is 0 Å². The lowest BCUT2D eigenvalue weighted by molar-refractivity contribution is -0.867. The van der Waals surface area contributed by atoms with Crippen LogP contribution in [0.25, 0.3) is 0 Å². The minimum atomic E-state index is -7.02. The second-order valence-corrected chi connectivity index (χ2v) is 11.1. The molecule has 0 amide bonds. The third-order valence-corrected chi connectivity index (χ3v) is 6.51. The lowest BCUT2D eigenvalue weighted by atomic mass is 10.0. The molecule has 0 aromatic carbocycles. The highest BCUT2D eigenvalue weighted by Gasteiger charge is 2.81. The highest BCUT2D eigenvalue weighted by molar-refractivity contribution is 8.00. The van der Waals surface area contributed by atoms with Crippen molar-refractivity contribution in [2.45, 2.75) is 87.5 Å². The van der Waals surface area contributed by atoms with Crippen molar-refractivity contribution in [3.05, 3.63) is 0 Å². The topological polar surface area (TPSA) is 52.6 Å². The van der Waals surface area contributed by atoms with Gasteiger partial charge < -0.3 is 14.0 Å². The Labute approximate surface area is 221 Å². The first-order valence-electron chi connectivity index (χ1n) is 12.1. The summed E-state index contributed by atoms with van der Waals surface area (Å²) in [6.07, 6.45) is -4.19. The Morgan fingerprint density at radius 1 is 0.789 bits per heavy atom. The summed E-state index contributed by atoms with van der Waals surface area (Å²) in [4.78, 5) is 24.6. The Morgan fingerprint density at radius 3 is 1.87 bits per heavy atom. The second kappa shape index (κ2) is 15.4. The number of rotatable bonds is 19. The Morgan fingerprint density at radius 2 is 1.34 bits per heavy atom. The third-order valence-electron chi connectivity index (χ3n) is 5.33. The first-order valence-corrected chi connectivity index (χ1v) is 13.2. The molecule has 38 heavy (non-hydrogen) atoms. The van der Waals surface area contributed by atoms with E-state index in [2.05, 4.69) is 11.7 Å². The Hall–Kier alpha value is -1.38. The number of unbranched alkanes of at least 4 members (excludes halogenated alkanes) is 5. The van der Waals surface area contributed by atoms with Gasteiger partial charge in [0.05, 0.1) is 53.7 Å². The van der Waals surface area contributed by atoms with Gasteiger partial charge in [0.1, 0.15) is 5.25 Å². The number of carbonyl (C=O) groups is 2. The third kappa shape index (κ3) is 12.2. The van der Waals surface area contributed by atoms with Gasteiger partial charge in [-0.3, -0.25) is 9.59 Å². The molecule has 0 N–H and O–H groups in total. The van der Waals surface area contributed by atoms with Crippen molar-refractivity contribution in [2.75, 3.05) is 46.7 Å². The van der Waals surface area contributed by atoms with Gasteiger partial charge in [-0.05, 0) is 6.42 Å². The summed E-state index contributed by atoms with van der Waals surface area (Å²) < 4.78 is 127. The van der Waals surface area contributed by atoms with E-state index in [1.165, 1.54) is 0 Å². The molecule has 0 heterocycles. The molecule has 0 aromatic heterocycles. The zero-order valence-electron chi connectivity index (χ0n) is 22.0. The van der Waals surface area contributed by atoms with Gasteiger partial charge in [0.25, 0.3) is 0 Å². The molecule has 15 heteroatoms. The normalized spacial score (nSPS) is 14.3. The molecule has 226 valence electrons. The predicted molar refractivity (Wildman–Crippen MR) is 125 cm³/mol. The fraction of sp³-hybridized carbons (Fsp3) is 0.913. The van der Waals surface area contributed by atoms with E-state index in [0.29, 0.717) is 23.2 Å². The summed E-state index contributed by atoms with van der Waals surface area (Å²) in [5.41, 5.74) is 0. The Bertz CT molecular complexity index is 729. The minimum absolute atomic E-state index is 0.0883. The highest BCUT2D eigenvalue weighted by Crippen LogP contribution is 2.54. The Balaban J connectivity index is 5.06. The lowest BCUT2D eigenvalue weighted by Gasteiger charge is -2.33. The number of nitrogens with zero attached hydrogens (tertiary/aromatic N) is 1. The van der Waals surface area contributed by atoms with Crippen molar-refractivity contribution in [3.8, 4) is 0 Å². The van der Waals surface area contributed by atoms with Crippen LogP contribution in [0.1, 0.15) is 58.3 Å². The number of hydrogen-bond acceptors (Lipinski definition) is 5. The van der Waals surface area contributed by atoms with Crippen molar-refractivity contribution in [1.82, 2.24) is 0 Å². The van der Waals surface area contributed by atoms with Crippen LogP contribution in [0.4, 0.5) is 39.5 Å². The van der Waals surface area contributed by atoms with Gasteiger partial charge in [-0.2, -0.15) is 39.5 Å². The number of hydrogen-bond donors (Lipinski definition) is 0. The molecule has 5 nitrogen and oxygen atoms in total. The van der Waals surface area contributed by atoms with Crippen LogP contribution >= 0.6 is 11.8 Å². The largest absolute Gasteiger partial charge is 0.466 e. The maximum Gasteiger partial charge on any atom is 0.460 e. The SMILES string of the molecule is CCCCCCCCOC(=O)CC(SCC[N+](C)(C)C)C(=O)OCCC(F)(F)C(F)(F)C(F)(F)C(F)(F)F. The van der Waals surface area contributed by atoms with Crippen LogP contribution < -0.4 is 0 Å². The zero-order valence-corrected chi connectivity index (χ0v) is 22.8. The van der Waals surface area contributed by atoms with Gasteiger partial charge in [0.2, 0.25) is 0 Å². The van der Waals surface area contributed by atoms with Crippen LogP contribution in [-0.2, 0) is 19.1 Å². The van der Waals surface area contributed by atoms with Gasteiger partial charge in [0.15, 0.2) is 0 Å². The molecule has 0 aliphatic heterocycles. The molecule has 0 bridgehead atoms. The number of esters is 2. The van der Waals surface area contributed by atoms with E-state index in [1.54, 1.807) is 0 Å². The van der Waals surface area contributed by atoms with E-state index in [4.69, 9.17) is 4.74 Å². The van der Waals surface area contributed by atoms with Gasteiger partial charge in [0, 0.05) is 5.75 Å². The van der Waals surface area contributed by atoms with Crippen molar-refractivity contribution in [3.63, 3.8) is 0 Å². The minimum Gasteiger partial charge on any atom is -0.466 e. The van der Waals surface area contributed by atoms with Gasteiger partial charge >= 0.3 is 35.9 Å². The Kier molecular flexibility index (Phi) is 14.9. The smallest absolute Gasteiger partial charge is 0.460 e. The van der Waals surface area contributed by atoms with Crippen molar-refractivity contribution >= 4 is 23.7 Å². The summed E-state index contributed by atoms with van der Waals surface area (Å²) in [5.74, 6) is -21.4. The number of thioether (sulfide) groups is 1. The molecule has 0 aliphatic rings.